The first-order valence-corrected chi connectivity index (χ1v) is 4.70. The number of aromatic nitrogens is 1. The second kappa shape index (κ2) is 5.41. The van der Waals surface area contributed by atoms with E-state index < -0.39 is 0 Å². The van der Waals surface area contributed by atoms with Gasteiger partial charge in [0, 0.05) is 17.6 Å². The fourth-order valence-electron chi connectivity index (χ4n) is 0.901. The van der Waals surface area contributed by atoms with E-state index >= 15 is 0 Å². The fraction of sp³-hybridized carbons (Fsp3) is 0.375. The third-order valence-electron chi connectivity index (χ3n) is 1.48. The van der Waals surface area contributed by atoms with E-state index in [0.717, 1.165) is 5.69 Å². The van der Waals surface area contributed by atoms with Gasteiger partial charge in [-0.25, -0.2) is 0 Å². The van der Waals surface area contributed by atoms with Gasteiger partial charge in [0.05, 0.1) is 5.69 Å². The molecule has 0 aliphatic heterocycles. The summed E-state index contributed by atoms with van der Waals surface area (Å²) in [5.41, 5.74) is 7.68. The summed E-state index contributed by atoms with van der Waals surface area (Å²) in [5, 5.41) is 0. The smallest absolute Gasteiger partial charge is 0.0675 e. The largest absolute Gasteiger partial charge is 0.325 e. The number of nitrogens with two attached hydrogens (primary N) is 1. The molecule has 1 aromatic rings. The van der Waals surface area contributed by atoms with Crippen LogP contribution in [0.25, 0.3) is 0 Å². The number of aryl methyl sites for hydroxylation is 1. The summed E-state index contributed by atoms with van der Waals surface area (Å²) in [6.07, 6.45) is 3.89. The van der Waals surface area contributed by atoms with Gasteiger partial charge in [0.1, 0.15) is 0 Å². The molecule has 12 heavy (non-hydrogen) atoms. The van der Waals surface area contributed by atoms with E-state index in [4.69, 9.17) is 5.73 Å². The molecule has 0 aliphatic carbocycles. The SMILES string of the molecule is CSc1cc(C)cnc1CN.Cl. The monoisotopic (exact) mass is 204 g/mol. The minimum absolute atomic E-state index is 0. The maximum atomic E-state index is 5.50. The zero-order valence-corrected chi connectivity index (χ0v) is 8.84. The lowest BCUT2D eigenvalue weighted by Gasteiger charge is -2.03. The van der Waals surface area contributed by atoms with Crippen LogP contribution in [0, 0.1) is 6.92 Å². The van der Waals surface area contributed by atoms with Gasteiger partial charge < -0.3 is 5.73 Å². The predicted octanol–water partition coefficient (Wildman–Crippen LogP) is 1.99. The minimum Gasteiger partial charge on any atom is -0.325 e. The van der Waals surface area contributed by atoms with Crippen LogP contribution in [-0.2, 0) is 6.54 Å². The second-order valence-electron chi connectivity index (χ2n) is 2.37. The van der Waals surface area contributed by atoms with Gasteiger partial charge in [0.2, 0.25) is 0 Å². The van der Waals surface area contributed by atoms with Crippen molar-refractivity contribution >= 4 is 24.2 Å². The van der Waals surface area contributed by atoms with Crippen LogP contribution in [-0.4, -0.2) is 11.2 Å². The van der Waals surface area contributed by atoms with E-state index in [1.54, 1.807) is 11.8 Å². The molecule has 0 spiro atoms. The number of thioether (sulfide) groups is 1. The van der Waals surface area contributed by atoms with Crippen LogP contribution in [0.1, 0.15) is 11.3 Å². The Balaban J connectivity index is 0.00000121. The highest BCUT2D eigenvalue weighted by molar-refractivity contribution is 7.98. The third-order valence-corrected chi connectivity index (χ3v) is 2.27. The molecule has 2 N–H and O–H groups in total. The molecule has 2 nitrogen and oxygen atoms in total. The van der Waals surface area contributed by atoms with Crippen molar-refractivity contribution in [2.75, 3.05) is 6.26 Å². The molecule has 0 saturated heterocycles. The summed E-state index contributed by atoms with van der Waals surface area (Å²) in [6, 6.07) is 2.11. The lowest BCUT2D eigenvalue weighted by molar-refractivity contribution is 0.937. The molecule has 0 saturated carbocycles. The third kappa shape index (κ3) is 2.66. The number of rotatable bonds is 2. The van der Waals surface area contributed by atoms with Crippen molar-refractivity contribution in [3.8, 4) is 0 Å². The quantitative estimate of drug-likeness (QED) is 0.749. The Morgan fingerprint density at radius 1 is 1.58 bits per heavy atom. The van der Waals surface area contributed by atoms with Crippen LogP contribution in [0.2, 0.25) is 0 Å². The summed E-state index contributed by atoms with van der Waals surface area (Å²) >= 11 is 1.69. The minimum atomic E-state index is 0. The van der Waals surface area contributed by atoms with Gasteiger partial charge >= 0.3 is 0 Å². The standard InChI is InChI=1S/C8H12N2S.ClH/c1-6-3-8(11-2)7(4-9)10-5-6;/h3,5H,4,9H2,1-2H3;1H. The predicted molar refractivity (Wildman–Crippen MR) is 55.9 cm³/mol. The van der Waals surface area contributed by atoms with Crippen LogP contribution in [0.15, 0.2) is 17.2 Å². The number of nitrogens with zero attached hydrogens (tertiary/aromatic N) is 1. The highest BCUT2D eigenvalue weighted by Crippen LogP contribution is 2.18. The second-order valence-corrected chi connectivity index (χ2v) is 3.21. The van der Waals surface area contributed by atoms with E-state index in [1.807, 2.05) is 19.4 Å². The van der Waals surface area contributed by atoms with Crippen LogP contribution < -0.4 is 5.73 Å². The molecular formula is C8H13ClN2S. The summed E-state index contributed by atoms with van der Waals surface area (Å²) in [5.74, 6) is 0. The molecule has 0 fully saturated rings. The van der Waals surface area contributed by atoms with E-state index in [2.05, 4.69) is 11.1 Å². The highest BCUT2D eigenvalue weighted by Gasteiger charge is 1.99. The Morgan fingerprint density at radius 3 is 2.75 bits per heavy atom. The van der Waals surface area contributed by atoms with Gasteiger partial charge in [-0.2, -0.15) is 0 Å². The van der Waals surface area contributed by atoms with Gasteiger partial charge in [-0.05, 0) is 24.8 Å². The molecule has 1 rings (SSSR count). The number of hydrogen-bond acceptors (Lipinski definition) is 3. The molecule has 0 bridgehead atoms. The van der Waals surface area contributed by atoms with Crippen molar-refractivity contribution < 1.29 is 0 Å². The molecule has 68 valence electrons. The number of halogens is 1. The normalized spacial score (nSPS) is 9.25. The van der Waals surface area contributed by atoms with E-state index in [-0.39, 0.29) is 12.4 Å². The lowest BCUT2D eigenvalue weighted by Crippen LogP contribution is -2.01. The Morgan fingerprint density at radius 2 is 2.25 bits per heavy atom. The first kappa shape index (κ1) is 11.8. The number of pyridine rings is 1. The van der Waals surface area contributed by atoms with Crippen LogP contribution in [0.4, 0.5) is 0 Å². The van der Waals surface area contributed by atoms with Crippen LogP contribution >= 0.6 is 24.2 Å². The molecule has 1 aromatic heterocycles. The lowest BCUT2D eigenvalue weighted by atomic mass is 10.3. The van der Waals surface area contributed by atoms with E-state index in [9.17, 15) is 0 Å². The maximum Gasteiger partial charge on any atom is 0.0675 e. The summed E-state index contributed by atoms with van der Waals surface area (Å²) in [7, 11) is 0. The first-order valence-electron chi connectivity index (χ1n) is 3.47. The number of hydrogen-bond donors (Lipinski definition) is 1. The topological polar surface area (TPSA) is 38.9 Å². The van der Waals surface area contributed by atoms with E-state index in [1.165, 1.54) is 10.5 Å². The first-order chi connectivity index (χ1) is 5.27. The van der Waals surface area contributed by atoms with Crippen molar-refractivity contribution in [3.63, 3.8) is 0 Å². The fourth-order valence-corrected chi connectivity index (χ4v) is 1.58. The van der Waals surface area contributed by atoms with Crippen LogP contribution in [0.3, 0.4) is 0 Å². The van der Waals surface area contributed by atoms with Crippen molar-refractivity contribution in [2.24, 2.45) is 5.73 Å². The van der Waals surface area contributed by atoms with Gasteiger partial charge in [0.25, 0.3) is 0 Å². The molecule has 1 heterocycles. The van der Waals surface area contributed by atoms with Crippen LogP contribution in [0.5, 0.6) is 0 Å². The summed E-state index contributed by atoms with van der Waals surface area (Å²) in [6.45, 7) is 2.56. The Hall–Kier alpha value is -0.250. The molecule has 0 atom stereocenters. The van der Waals surface area contributed by atoms with Gasteiger partial charge in [-0.15, -0.1) is 24.2 Å². The molecule has 0 radical (unpaired) electrons. The summed E-state index contributed by atoms with van der Waals surface area (Å²) in [4.78, 5) is 5.41. The maximum absolute atomic E-state index is 5.50. The Bertz CT molecular complexity index is 253. The average Bonchev–Trinajstić information content (AvgIpc) is 2.04. The van der Waals surface area contributed by atoms with Gasteiger partial charge in [0.15, 0.2) is 0 Å². The average molecular weight is 205 g/mol. The Labute approximate surface area is 83.4 Å². The molecule has 4 heteroatoms. The van der Waals surface area contributed by atoms with Crippen molar-refractivity contribution in [1.82, 2.24) is 4.98 Å². The molecule has 0 aliphatic rings. The van der Waals surface area contributed by atoms with Crippen molar-refractivity contribution in [3.05, 3.63) is 23.5 Å². The summed E-state index contributed by atoms with van der Waals surface area (Å²) < 4.78 is 0. The van der Waals surface area contributed by atoms with Crippen molar-refractivity contribution in [1.29, 1.82) is 0 Å². The molecule has 0 amide bonds. The zero-order valence-electron chi connectivity index (χ0n) is 7.20. The molecule has 0 unspecified atom stereocenters. The Kier molecular flexibility index (Phi) is 5.29. The van der Waals surface area contributed by atoms with Crippen molar-refractivity contribution in [2.45, 2.75) is 18.4 Å². The van der Waals surface area contributed by atoms with Gasteiger partial charge in [-0.3, -0.25) is 4.98 Å². The zero-order chi connectivity index (χ0) is 8.27. The van der Waals surface area contributed by atoms with Gasteiger partial charge in [-0.1, -0.05) is 0 Å². The highest BCUT2D eigenvalue weighted by atomic mass is 35.5. The molecule has 0 aromatic carbocycles. The molecular weight excluding hydrogens is 192 g/mol. The van der Waals surface area contributed by atoms with E-state index in [0.29, 0.717) is 6.54 Å².